The van der Waals surface area contributed by atoms with Crippen molar-refractivity contribution in [3.05, 3.63) is 59.7 Å². The SMILES string of the molecule is O=C(NCC1(C(=O)N2CCC(C(=O)O)CC2)CC1)OCC1c2ccccc2-c2ccccc21. The van der Waals surface area contributed by atoms with Crippen molar-refractivity contribution in [2.24, 2.45) is 11.3 Å². The van der Waals surface area contributed by atoms with E-state index in [0.29, 0.717) is 25.9 Å². The Bertz CT molecular complexity index is 1040. The van der Waals surface area contributed by atoms with E-state index in [4.69, 9.17) is 9.84 Å². The minimum absolute atomic E-state index is 0.00445. The number of likely N-dealkylation sites (tertiary alicyclic amines) is 1. The topological polar surface area (TPSA) is 95.9 Å². The summed E-state index contributed by atoms with van der Waals surface area (Å²) in [5.41, 5.74) is 4.10. The molecule has 1 saturated carbocycles. The smallest absolute Gasteiger partial charge is 0.407 e. The standard InChI is InChI=1S/C26H28N2O5/c29-23(30)17-9-13-28(14-10-17)24(31)26(11-12-26)16-27-25(32)33-15-22-20-7-3-1-5-18(20)19-6-2-4-8-21(19)22/h1-8,17,22H,9-16H2,(H,27,32)(H,29,30). The highest BCUT2D eigenvalue weighted by atomic mass is 16.5. The largest absolute Gasteiger partial charge is 0.481 e. The van der Waals surface area contributed by atoms with Gasteiger partial charge in [0.1, 0.15) is 6.61 Å². The van der Waals surface area contributed by atoms with Crippen molar-refractivity contribution in [1.82, 2.24) is 10.2 Å². The van der Waals surface area contributed by atoms with Gasteiger partial charge < -0.3 is 20.1 Å². The molecule has 1 saturated heterocycles. The molecule has 2 fully saturated rings. The van der Waals surface area contributed by atoms with Crippen LogP contribution >= 0.6 is 0 Å². The van der Waals surface area contributed by atoms with Crippen molar-refractivity contribution < 1.29 is 24.2 Å². The molecule has 2 aliphatic carbocycles. The quantitative estimate of drug-likeness (QED) is 0.704. The van der Waals surface area contributed by atoms with Crippen molar-refractivity contribution in [2.75, 3.05) is 26.2 Å². The minimum Gasteiger partial charge on any atom is -0.481 e. The van der Waals surface area contributed by atoms with Gasteiger partial charge >= 0.3 is 12.1 Å². The zero-order valence-corrected chi connectivity index (χ0v) is 18.5. The fourth-order valence-corrected chi connectivity index (χ4v) is 5.17. The van der Waals surface area contributed by atoms with Crippen LogP contribution in [0.15, 0.2) is 48.5 Å². The third-order valence-corrected chi connectivity index (χ3v) is 7.35. The van der Waals surface area contributed by atoms with E-state index < -0.39 is 17.5 Å². The number of ether oxygens (including phenoxy) is 1. The van der Waals surface area contributed by atoms with Crippen LogP contribution in [0, 0.1) is 11.3 Å². The van der Waals surface area contributed by atoms with Crippen LogP contribution in [0.3, 0.4) is 0 Å². The van der Waals surface area contributed by atoms with Gasteiger partial charge in [-0.2, -0.15) is 0 Å². The average molecular weight is 449 g/mol. The number of nitrogens with zero attached hydrogens (tertiary/aromatic N) is 1. The minimum atomic E-state index is -0.792. The number of nitrogens with one attached hydrogen (secondary N) is 1. The van der Waals surface area contributed by atoms with Crippen LogP contribution in [0.1, 0.15) is 42.7 Å². The van der Waals surface area contributed by atoms with Crippen molar-refractivity contribution in [2.45, 2.75) is 31.6 Å². The molecule has 1 aliphatic heterocycles. The van der Waals surface area contributed by atoms with Crippen molar-refractivity contribution in [1.29, 1.82) is 0 Å². The van der Waals surface area contributed by atoms with E-state index in [1.54, 1.807) is 4.90 Å². The van der Waals surface area contributed by atoms with Crippen LogP contribution in [0.2, 0.25) is 0 Å². The number of fused-ring (bicyclic) bond motifs is 3. The molecule has 0 atom stereocenters. The second kappa shape index (κ2) is 8.54. The molecule has 2 aromatic rings. The summed E-state index contributed by atoms with van der Waals surface area (Å²) < 4.78 is 5.59. The summed E-state index contributed by atoms with van der Waals surface area (Å²) >= 11 is 0. The Morgan fingerprint density at radius 3 is 2.09 bits per heavy atom. The van der Waals surface area contributed by atoms with Crippen LogP contribution < -0.4 is 5.32 Å². The van der Waals surface area contributed by atoms with Gasteiger partial charge in [-0.25, -0.2) is 4.79 Å². The summed E-state index contributed by atoms with van der Waals surface area (Å²) in [7, 11) is 0. The van der Waals surface area contributed by atoms with Gasteiger partial charge in [-0.05, 0) is 47.9 Å². The molecule has 33 heavy (non-hydrogen) atoms. The van der Waals surface area contributed by atoms with E-state index in [9.17, 15) is 14.4 Å². The maximum absolute atomic E-state index is 13.0. The van der Waals surface area contributed by atoms with E-state index in [2.05, 4.69) is 29.6 Å². The molecule has 2 N–H and O–H groups in total. The lowest BCUT2D eigenvalue weighted by Crippen LogP contribution is -2.47. The molecule has 0 radical (unpaired) electrons. The molecule has 172 valence electrons. The number of amides is 2. The first-order valence-corrected chi connectivity index (χ1v) is 11.6. The Labute approximate surface area is 192 Å². The molecule has 2 aromatic carbocycles. The number of hydrogen-bond acceptors (Lipinski definition) is 4. The average Bonchev–Trinajstić information content (AvgIpc) is 3.57. The van der Waals surface area contributed by atoms with Gasteiger partial charge in [0.25, 0.3) is 0 Å². The summed E-state index contributed by atoms with van der Waals surface area (Å²) in [5.74, 6) is -1.15. The summed E-state index contributed by atoms with van der Waals surface area (Å²) in [5, 5.41) is 12.0. The van der Waals surface area contributed by atoms with E-state index >= 15 is 0 Å². The molecule has 0 spiro atoms. The fourth-order valence-electron chi connectivity index (χ4n) is 5.17. The number of carboxylic acids is 1. The Kier molecular flexibility index (Phi) is 5.56. The Morgan fingerprint density at radius 2 is 1.55 bits per heavy atom. The monoisotopic (exact) mass is 448 g/mol. The molecule has 5 rings (SSSR count). The van der Waals surface area contributed by atoms with Gasteiger partial charge in [0.15, 0.2) is 0 Å². The lowest BCUT2D eigenvalue weighted by atomic mass is 9.95. The van der Waals surface area contributed by atoms with Crippen LogP contribution in [0.5, 0.6) is 0 Å². The van der Waals surface area contributed by atoms with Crippen molar-refractivity contribution >= 4 is 18.0 Å². The number of carbonyl (C=O) groups excluding carboxylic acids is 2. The first-order chi connectivity index (χ1) is 16.0. The fraction of sp³-hybridized carbons (Fsp3) is 0.423. The number of alkyl carbamates (subject to hydrolysis) is 1. The van der Waals surface area contributed by atoms with Gasteiger partial charge in [-0.15, -0.1) is 0 Å². The molecular weight excluding hydrogens is 420 g/mol. The van der Waals surface area contributed by atoms with Gasteiger partial charge in [0.2, 0.25) is 5.91 Å². The summed E-state index contributed by atoms with van der Waals surface area (Å²) in [6.07, 6.45) is 1.91. The molecular formula is C26H28N2O5. The first-order valence-electron chi connectivity index (χ1n) is 11.6. The van der Waals surface area contributed by atoms with Gasteiger partial charge in [0.05, 0.1) is 11.3 Å². The van der Waals surface area contributed by atoms with E-state index in [1.807, 2.05) is 24.3 Å². The number of benzene rings is 2. The Hall–Kier alpha value is -3.35. The molecule has 1 heterocycles. The van der Waals surface area contributed by atoms with Gasteiger partial charge in [0, 0.05) is 25.6 Å². The van der Waals surface area contributed by atoms with Crippen LogP contribution in [0.4, 0.5) is 4.79 Å². The highest BCUT2D eigenvalue weighted by Gasteiger charge is 2.52. The normalized spacial score (nSPS) is 18.8. The van der Waals surface area contributed by atoms with Gasteiger partial charge in [-0.1, -0.05) is 48.5 Å². The van der Waals surface area contributed by atoms with E-state index in [-0.39, 0.29) is 30.9 Å². The second-order valence-electron chi connectivity index (χ2n) is 9.36. The Morgan fingerprint density at radius 1 is 0.970 bits per heavy atom. The number of aliphatic carboxylic acids is 1. The maximum atomic E-state index is 13.0. The predicted octanol–water partition coefficient (Wildman–Crippen LogP) is 3.63. The van der Waals surface area contributed by atoms with Crippen LogP contribution in [-0.4, -0.2) is 54.2 Å². The summed E-state index contributed by atoms with van der Waals surface area (Å²) in [6.45, 7) is 1.41. The zero-order valence-electron chi connectivity index (χ0n) is 18.5. The summed E-state index contributed by atoms with van der Waals surface area (Å²) in [4.78, 5) is 38.4. The molecule has 0 bridgehead atoms. The summed E-state index contributed by atoms with van der Waals surface area (Å²) in [6, 6.07) is 16.4. The number of rotatable bonds is 6. The van der Waals surface area contributed by atoms with E-state index in [1.165, 1.54) is 11.1 Å². The third-order valence-electron chi connectivity index (χ3n) is 7.35. The number of carboxylic acid groups (broad SMARTS) is 1. The second-order valence-corrected chi connectivity index (χ2v) is 9.36. The highest BCUT2D eigenvalue weighted by molar-refractivity contribution is 5.86. The van der Waals surface area contributed by atoms with E-state index in [0.717, 1.165) is 24.0 Å². The van der Waals surface area contributed by atoms with Crippen molar-refractivity contribution in [3.8, 4) is 11.1 Å². The lowest BCUT2D eigenvalue weighted by Gasteiger charge is -2.33. The van der Waals surface area contributed by atoms with Gasteiger partial charge in [-0.3, -0.25) is 9.59 Å². The molecule has 0 unspecified atom stereocenters. The number of hydrogen-bond donors (Lipinski definition) is 2. The maximum Gasteiger partial charge on any atom is 0.407 e. The lowest BCUT2D eigenvalue weighted by molar-refractivity contribution is -0.147. The number of piperidine rings is 1. The van der Waals surface area contributed by atoms with Crippen molar-refractivity contribution in [3.63, 3.8) is 0 Å². The number of carbonyl (C=O) groups is 3. The van der Waals surface area contributed by atoms with Crippen LogP contribution in [-0.2, 0) is 14.3 Å². The highest BCUT2D eigenvalue weighted by Crippen LogP contribution is 2.47. The Balaban J connectivity index is 1.15. The molecule has 7 heteroatoms. The predicted molar refractivity (Wildman–Crippen MR) is 122 cm³/mol. The first kappa shape index (κ1) is 21.5. The molecule has 2 amide bonds. The van der Waals surface area contributed by atoms with Crippen LogP contribution in [0.25, 0.3) is 11.1 Å². The third kappa shape index (κ3) is 4.08. The zero-order chi connectivity index (χ0) is 23.0. The molecule has 7 nitrogen and oxygen atoms in total. The molecule has 0 aromatic heterocycles. The molecule has 3 aliphatic rings.